The van der Waals surface area contributed by atoms with Gasteiger partial charge in [0.2, 0.25) is 5.95 Å². The molecule has 7 heteroatoms. The minimum atomic E-state index is 0.355. The first-order chi connectivity index (χ1) is 11.8. The standard InChI is InChI=1S/C17H17ClN4O2/c1-23-15-8-4-6-12(9-19-17-20-11-21-22-17)16(15)24-10-13-5-2-3-7-14(13)18/h2-8,11H,9-10H2,1H3,(H2,19,20,21,22). The van der Waals surface area contributed by atoms with E-state index in [2.05, 4.69) is 20.5 Å². The fourth-order valence-corrected chi connectivity index (χ4v) is 2.45. The van der Waals surface area contributed by atoms with Crippen LogP contribution in [0.25, 0.3) is 0 Å². The van der Waals surface area contributed by atoms with Gasteiger partial charge in [-0.2, -0.15) is 0 Å². The zero-order chi connectivity index (χ0) is 16.8. The molecule has 0 amide bonds. The van der Waals surface area contributed by atoms with E-state index >= 15 is 0 Å². The summed E-state index contributed by atoms with van der Waals surface area (Å²) in [5.41, 5.74) is 1.85. The van der Waals surface area contributed by atoms with Crippen LogP contribution >= 0.6 is 11.6 Å². The number of aromatic nitrogens is 3. The van der Waals surface area contributed by atoms with E-state index in [1.54, 1.807) is 7.11 Å². The van der Waals surface area contributed by atoms with E-state index in [0.29, 0.717) is 35.6 Å². The van der Waals surface area contributed by atoms with Crippen molar-refractivity contribution in [3.8, 4) is 11.5 Å². The fraction of sp³-hybridized carbons (Fsp3) is 0.176. The second-order valence-corrected chi connectivity index (χ2v) is 5.41. The minimum Gasteiger partial charge on any atom is -0.493 e. The predicted molar refractivity (Wildman–Crippen MR) is 92.5 cm³/mol. The molecule has 0 aliphatic rings. The summed E-state index contributed by atoms with van der Waals surface area (Å²) in [5.74, 6) is 1.86. The van der Waals surface area contributed by atoms with Gasteiger partial charge in [-0.05, 0) is 12.1 Å². The molecule has 0 unspecified atom stereocenters. The smallest absolute Gasteiger partial charge is 0.242 e. The second kappa shape index (κ2) is 7.70. The SMILES string of the molecule is COc1cccc(CNc2nc[nH]n2)c1OCc1ccccc1Cl. The van der Waals surface area contributed by atoms with E-state index in [-0.39, 0.29) is 0 Å². The Balaban J connectivity index is 1.78. The molecule has 0 bridgehead atoms. The molecule has 0 aliphatic carbocycles. The molecule has 3 rings (SSSR count). The monoisotopic (exact) mass is 344 g/mol. The lowest BCUT2D eigenvalue weighted by atomic mass is 10.1. The van der Waals surface area contributed by atoms with Crippen molar-refractivity contribution in [3.05, 3.63) is 64.9 Å². The number of hydrogen-bond acceptors (Lipinski definition) is 5. The third-order valence-electron chi connectivity index (χ3n) is 3.46. The van der Waals surface area contributed by atoms with Crippen molar-refractivity contribution in [1.29, 1.82) is 0 Å². The predicted octanol–water partition coefficient (Wildman–Crippen LogP) is 3.66. The molecule has 2 aromatic carbocycles. The minimum absolute atomic E-state index is 0.355. The van der Waals surface area contributed by atoms with Crippen LogP contribution in [-0.4, -0.2) is 22.3 Å². The number of ether oxygens (including phenoxy) is 2. The van der Waals surface area contributed by atoms with Crippen LogP contribution in [0.15, 0.2) is 48.8 Å². The summed E-state index contributed by atoms with van der Waals surface area (Å²) in [6.45, 7) is 0.862. The van der Waals surface area contributed by atoms with Crippen LogP contribution in [0.2, 0.25) is 5.02 Å². The first-order valence-corrected chi connectivity index (χ1v) is 7.77. The Kier molecular flexibility index (Phi) is 5.18. The quantitative estimate of drug-likeness (QED) is 0.684. The molecular weight excluding hydrogens is 328 g/mol. The first-order valence-electron chi connectivity index (χ1n) is 7.39. The summed E-state index contributed by atoms with van der Waals surface area (Å²) >= 11 is 6.19. The zero-order valence-corrected chi connectivity index (χ0v) is 13.9. The molecule has 6 nitrogen and oxygen atoms in total. The molecule has 0 saturated carbocycles. The maximum Gasteiger partial charge on any atom is 0.242 e. The number of halogens is 1. The molecule has 0 atom stereocenters. The highest BCUT2D eigenvalue weighted by Crippen LogP contribution is 2.32. The summed E-state index contributed by atoms with van der Waals surface area (Å²) in [6, 6.07) is 13.3. The Morgan fingerprint density at radius 2 is 1.96 bits per heavy atom. The van der Waals surface area contributed by atoms with Crippen LogP contribution in [0.1, 0.15) is 11.1 Å². The summed E-state index contributed by atoms with van der Waals surface area (Å²) < 4.78 is 11.4. The van der Waals surface area contributed by atoms with E-state index in [4.69, 9.17) is 21.1 Å². The first kappa shape index (κ1) is 16.1. The maximum atomic E-state index is 6.19. The number of nitrogens with zero attached hydrogens (tertiary/aromatic N) is 2. The van der Waals surface area contributed by atoms with Gasteiger partial charge in [-0.25, -0.2) is 4.98 Å². The van der Waals surface area contributed by atoms with Gasteiger partial charge >= 0.3 is 0 Å². The zero-order valence-electron chi connectivity index (χ0n) is 13.1. The summed E-state index contributed by atoms with van der Waals surface area (Å²) in [4.78, 5) is 4.04. The molecule has 0 radical (unpaired) electrons. The van der Waals surface area contributed by atoms with Crippen molar-refractivity contribution < 1.29 is 9.47 Å². The number of benzene rings is 2. The largest absolute Gasteiger partial charge is 0.493 e. The Bertz CT molecular complexity index is 793. The summed E-state index contributed by atoms with van der Waals surface area (Å²) in [6.07, 6.45) is 1.52. The normalized spacial score (nSPS) is 10.4. The van der Waals surface area contributed by atoms with Crippen LogP contribution < -0.4 is 14.8 Å². The third kappa shape index (κ3) is 3.78. The second-order valence-electron chi connectivity index (χ2n) is 5.00. The highest BCUT2D eigenvalue weighted by atomic mass is 35.5. The van der Waals surface area contributed by atoms with Crippen molar-refractivity contribution in [2.75, 3.05) is 12.4 Å². The molecular formula is C17H17ClN4O2. The molecule has 2 N–H and O–H groups in total. The molecule has 0 saturated heterocycles. The van der Waals surface area contributed by atoms with Gasteiger partial charge in [0.05, 0.1) is 7.11 Å². The van der Waals surface area contributed by atoms with Crippen molar-refractivity contribution in [2.24, 2.45) is 0 Å². The van der Waals surface area contributed by atoms with Crippen LogP contribution in [0.4, 0.5) is 5.95 Å². The third-order valence-corrected chi connectivity index (χ3v) is 3.83. The van der Waals surface area contributed by atoms with Gasteiger partial charge in [0.15, 0.2) is 11.5 Å². The van der Waals surface area contributed by atoms with Crippen LogP contribution in [0, 0.1) is 0 Å². The van der Waals surface area contributed by atoms with Gasteiger partial charge in [0, 0.05) is 22.7 Å². The Hall–Kier alpha value is -2.73. The maximum absolute atomic E-state index is 6.19. The van der Waals surface area contributed by atoms with Gasteiger partial charge in [0.1, 0.15) is 12.9 Å². The highest BCUT2D eigenvalue weighted by molar-refractivity contribution is 6.31. The van der Waals surface area contributed by atoms with E-state index < -0.39 is 0 Å². The van der Waals surface area contributed by atoms with Gasteiger partial charge in [0.25, 0.3) is 0 Å². The number of nitrogens with one attached hydrogen (secondary N) is 2. The lowest BCUT2D eigenvalue weighted by Gasteiger charge is -2.15. The van der Waals surface area contributed by atoms with Gasteiger partial charge in [-0.1, -0.05) is 41.9 Å². The number of hydrogen-bond donors (Lipinski definition) is 2. The topological polar surface area (TPSA) is 72.1 Å². The molecule has 124 valence electrons. The van der Waals surface area contributed by atoms with Crippen molar-refractivity contribution in [2.45, 2.75) is 13.2 Å². The van der Waals surface area contributed by atoms with Gasteiger partial charge in [-0.3, -0.25) is 5.10 Å². The van der Waals surface area contributed by atoms with Crippen LogP contribution in [-0.2, 0) is 13.2 Å². The average molecular weight is 345 g/mol. The molecule has 0 spiro atoms. The van der Waals surface area contributed by atoms with E-state index in [9.17, 15) is 0 Å². The number of para-hydroxylation sites is 1. The molecule has 24 heavy (non-hydrogen) atoms. The number of H-pyrrole nitrogens is 1. The summed E-state index contributed by atoms with van der Waals surface area (Å²) in [7, 11) is 1.62. The van der Waals surface area contributed by atoms with E-state index in [0.717, 1.165) is 11.1 Å². The van der Waals surface area contributed by atoms with E-state index in [1.807, 2.05) is 42.5 Å². The fourth-order valence-electron chi connectivity index (χ4n) is 2.26. The summed E-state index contributed by atoms with van der Waals surface area (Å²) in [5, 5.41) is 10.4. The van der Waals surface area contributed by atoms with Crippen molar-refractivity contribution >= 4 is 17.5 Å². The highest BCUT2D eigenvalue weighted by Gasteiger charge is 2.12. The number of anilines is 1. The number of methoxy groups -OCH3 is 1. The van der Waals surface area contributed by atoms with Crippen LogP contribution in [0.3, 0.4) is 0 Å². The van der Waals surface area contributed by atoms with Crippen LogP contribution in [0.5, 0.6) is 11.5 Å². The molecule has 0 aliphatic heterocycles. The van der Waals surface area contributed by atoms with Gasteiger partial charge in [-0.15, -0.1) is 5.10 Å². The van der Waals surface area contributed by atoms with Crippen molar-refractivity contribution in [1.82, 2.24) is 15.2 Å². The molecule has 3 aromatic rings. The Labute approximate surface area is 144 Å². The van der Waals surface area contributed by atoms with E-state index in [1.165, 1.54) is 6.33 Å². The Morgan fingerprint density at radius 1 is 1.12 bits per heavy atom. The number of aromatic amines is 1. The lowest BCUT2D eigenvalue weighted by molar-refractivity contribution is 0.282. The molecule has 1 heterocycles. The lowest BCUT2D eigenvalue weighted by Crippen LogP contribution is -2.06. The number of rotatable bonds is 7. The molecule has 1 aromatic heterocycles. The molecule has 0 fully saturated rings. The average Bonchev–Trinajstić information content (AvgIpc) is 3.13. The van der Waals surface area contributed by atoms with Crippen molar-refractivity contribution in [3.63, 3.8) is 0 Å². The van der Waals surface area contributed by atoms with Gasteiger partial charge < -0.3 is 14.8 Å². The Morgan fingerprint density at radius 3 is 2.71 bits per heavy atom.